The Bertz CT molecular complexity index is 1000. The molecule has 9 heteroatoms. The van der Waals surface area contributed by atoms with E-state index in [0.29, 0.717) is 35.8 Å². The Balaban J connectivity index is 1.60. The van der Waals surface area contributed by atoms with Crippen molar-refractivity contribution in [2.24, 2.45) is 0 Å². The Morgan fingerprint density at radius 3 is 2.23 bits per heavy atom. The molecule has 0 aliphatic carbocycles. The molecular formula is C21H26N2O6S. The molecule has 0 fully saturated rings. The lowest BCUT2D eigenvalue weighted by Gasteiger charge is -2.29. The van der Waals surface area contributed by atoms with E-state index >= 15 is 0 Å². The minimum atomic E-state index is -3.52. The summed E-state index contributed by atoms with van der Waals surface area (Å²) in [6.07, 6.45) is 0.590. The molecule has 0 saturated carbocycles. The number of methoxy groups -OCH3 is 3. The summed E-state index contributed by atoms with van der Waals surface area (Å²) >= 11 is 0. The SMILES string of the molecule is COc1ccc(C(=O)NCCS(=O)(=O)N2CCc3cc(OC)c(OC)cc3C2)cc1. The number of nitrogens with one attached hydrogen (secondary N) is 1. The molecule has 0 saturated heterocycles. The van der Waals surface area contributed by atoms with Gasteiger partial charge in [-0.25, -0.2) is 8.42 Å². The van der Waals surface area contributed by atoms with Gasteiger partial charge in [0.2, 0.25) is 10.0 Å². The standard InChI is InChI=1S/C21H26N2O6S/c1-27-18-6-4-15(5-7-18)21(24)22-9-11-30(25,26)23-10-8-16-12-19(28-2)20(29-3)13-17(16)14-23/h4-7,12-13H,8-11,14H2,1-3H3,(H,22,24). The van der Waals surface area contributed by atoms with Crippen molar-refractivity contribution in [1.82, 2.24) is 9.62 Å². The third-order valence-corrected chi connectivity index (χ3v) is 6.89. The second-order valence-corrected chi connectivity index (χ2v) is 8.95. The largest absolute Gasteiger partial charge is 0.497 e. The minimum Gasteiger partial charge on any atom is -0.497 e. The third-order valence-electron chi connectivity index (χ3n) is 5.07. The normalized spacial score (nSPS) is 14.0. The van der Waals surface area contributed by atoms with Gasteiger partial charge in [-0.2, -0.15) is 4.31 Å². The van der Waals surface area contributed by atoms with E-state index in [0.717, 1.165) is 11.1 Å². The van der Waals surface area contributed by atoms with Crippen LogP contribution in [0.25, 0.3) is 0 Å². The van der Waals surface area contributed by atoms with Crippen molar-refractivity contribution in [3.05, 3.63) is 53.1 Å². The second kappa shape index (κ2) is 9.36. The smallest absolute Gasteiger partial charge is 0.251 e. The van der Waals surface area contributed by atoms with Crippen LogP contribution in [-0.2, 0) is 23.0 Å². The van der Waals surface area contributed by atoms with Crippen molar-refractivity contribution in [1.29, 1.82) is 0 Å². The van der Waals surface area contributed by atoms with E-state index in [1.807, 2.05) is 12.1 Å². The first-order chi connectivity index (χ1) is 14.4. The summed E-state index contributed by atoms with van der Waals surface area (Å²) in [4.78, 5) is 12.2. The fourth-order valence-corrected chi connectivity index (χ4v) is 4.69. The number of sulfonamides is 1. The first-order valence-corrected chi connectivity index (χ1v) is 11.1. The Morgan fingerprint density at radius 1 is 1.00 bits per heavy atom. The summed E-state index contributed by atoms with van der Waals surface area (Å²) in [5.74, 6) is 1.36. The predicted octanol–water partition coefficient (Wildman–Crippen LogP) is 1.83. The number of carbonyl (C=O) groups excluding carboxylic acids is 1. The van der Waals surface area contributed by atoms with Crippen molar-refractivity contribution in [2.75, 3.05) is 40.2 Å². The molecule has 0 bridgehead atoms. The molecule has 2 aromatic rings. The van der Waals surface area contributed by atoms with Crippen molar-refractivity contribution >= 4 is 15.9 Å². The van der Waals surface area contributed by atoms with Gasteiger partial charge in [-0.15, -0.1) is 0 Å². The van der Waals surface area contributed by atoms with Crippen molar-refractivity contribution in [2.45, 2.75) is 13.0 Å². The van der Waals surface area contributed by atoms with E-state index in [4.69, 9.17) is 14.2 Å². The lowest BCUT2D eigenvalue weighted by atomic mass is 10.0. The molecule has 162 valence electrons. The van der Waals surface area contributed by atoms with Crippen LogP contribution in [-0.4, -0.2) is 58.8 Å². The van der Waals surface area contributed by atoms with Crippen LogP contribution in [0.5, 0.6) is 17.2 Å². The molecule has 0 spiro atoms. The van der Waals surface area contributed by atoms with Gasteiger partial charge < -0.3 is 19.5 Å². The van der Waals surface area contributed by atoms with Crippen LogP contribution in [0, 0.1) is 0 Å². The topological polar surface area (TPSA) is 94.2 Å². The van der Waals surface area contributed by atoms with Crippen LogP contribution in [0.4, 0.5) is 0 Å². The number of carbonyl (C=O) groups is 1. The van der Waals surface area contributed by atoms with Gasteiger partial charge in [-0.1, -0.05) is 0 Å². The number of benzene rings is 2. The van der Waals surface area contributed by atoms with E-state index in [2.05, 4.69) is 5.32 Å². The molecule has 2 aromatic carbocycles. The predicted molar refractivity (Wildman–Crippen MR) is 113 cm³/mol. The molecule has 1 aliphatic rings. The molecule has 1 aliphatic heterocycles. The third kappa shape index (κ3) is 4.85. The molecule has 30 heavy (non-hydrogen) atoms. The van der Waals surface area contributed by atoms with Gasteiger partial charge in [0.15, 0.2) is 11.5 Å². The summed E-state index contributed by atoms with van der Waals surface area (Å²) in [5, 5.41) is 2.66. The molecule has 1 N–H and O–H groups in total. The zero-order valence-corrected chi connectivity index (χ0v) is 18.1. The highest BCUT2D eigenvalue weighted by atomic mass is 32.2. The average Bonchev–Trinajstić information content (AvgIpc) is 2.77. The number of rotatable bonds is 8. The van der Waals surface area contributed by atoms with Crippen molar-refractivity contribution in [3.8, 4) is 17.2 Å². The lowest BCUT2D eigenvalue weighted by molar-refractivity contribution is 0.0956. The molecule has 0 aromatic heterocycles. The van der Waals surface area contributed by atoms with Crippen LogP contribution < -0.4 is 19.5 Å². The van der Waals surface area contributed by atoms with Crippen LogP contribution in [0.1, 0.15) is 21.5 Å². The summed E-state index contributed by atoms with van der Waals surface area (Å²) in [7, 11) is 1.15. The Morgan fingerprint density at radius 2 is 1.63 bits per heavy atom. The summed E-state index contributed by atoms with van der Waals surface area (Å²) in [6.45, 7) is 0.685. The molecule has 0 unspecified atom stereocenters. The fourth-order valence-electron chi connectivity index (χ4n) is 3.36. The van der Waals surface area contributed by atoms with Gasteiger partial charge in [0.25, 0.3) is 5.91 Å². The van der Waals surface area contributed by atoms with Gasteiger partial charge in [0.05, 0.1) is 27.1 Å². The summed E-state index contributed by atoms with van der Waals surface area (Å²) in [5.41, 5.74) is 2.39. The average molecular weight is 435 g/mol. The number of fused-ring (bicyclic) bond motifs is 1. The van der Waals surface area contributed by atoms with E-state index in [-0.39, 0.29) is 24.7 Å². The van der Waals surface area contributed by atoms with Gasteiger partial charge in [-0.05, 0) is 53.9 Å². The van der Waals surface area contributed by atoms with Crippen LogP contribution >= 0.6 is 0 Å². The fraction of sp³-hybridized carbons (Fsp3) is 0.381. The quantitative estimate of drug-likeness (QED) is 0.681. The highest BCUT2D eigenvalue weighted by Gasteiger charge is 2.27. The molecule has 8 nitrogen and oxygen atoms in total. The van der Waals surface area contributed by atoms with E-state index < -0.39 is 10.0 Å². The van der Waals surface area contributed by atoms with Gasteiger partial charge >= 0.3 is 0 Å². The zero-order chi connectivity index (χ0) is 21.7. The Hall–Kier alpha value is -2.78. The van der Waals surface area contributed by atoms with Crippen LogP contribution in [0.2, 0.25) is 0 Å². The molecular weight excluding hydrogens is 408 g/mol. The maximum atomic E-state index is 12.8. The van der Waals surface area contributed by atoms with E-state index in [1.165, 1.54) is 4.31 Å². The first-order valence-electron chi connectivity index (χ1n) is 9.52. The highest BCUT2D eigenvalue weighted by molar-refractivity contribution is 7.89. The van der Waals surface area contributed by atoms with Crippen molar-refractivity contribution < 1.29 is 27.4 Å². The monoisotopic (exact) mass is 434 g/mol. The van der Waals surface area contributed by atoms with Gasteiger partial charge in [0, 0.05) is 25.2 Å². The first kappa shape index (κ1) is 21.9. The van der Waals surface area contributed by atoms with E-state index in [1.54, 1.807) is 45.6 Å². The lowest BCUT2D eigenvalue weighted by Crippen LogP contribution is -2.40. The molecule has 1 heterocycles. The summed E-state index contributed by atoms with van der Waals surface area (Å²) in [6, 6.07) is 10.3. The molecule has 0 atom stereocenters. The van der Waals surface area contributed by atoms with E-state index in [9.17, 15) is 13.2 Å². The zero-order valence-electron chi connectivity index (χ0n) is 17.3. The highest BCUT2D eigenvalue weighted by Crippen LogP contribution is 2.33. The molecule has 3 rings (SSSR count). The molecule has 1 amide bonds. The number of hydrogen-bond acceptors (Lipinski definition) is 6. The Kier molecular flexibility index (Phi) is 6.84. The number of amides is 1. The second-order valence-electron chi connectivity index (χ2n) is 6.86. The van der Waals surface area contributed by atoms with Gasteiger partial charge in [0.1, 0.15) is 5.75 Å². The van der Waals surface area contributed by atoms with Crippen LogP contribution in [0.15, 0.2) is 36.4 Å². The maximum Gasteiger partial charge on any atom is 0.251 e. The number of nitrogens with zero attached hydrogens (tertiary/aromatic N) is 1. The maximum absolute atomic E-state index is 12.8. The number of ether oxygens (including phenoxy) is 3. The van der Waals surface area contributed by atoms with Gasteiger partial charge in [-0.3, -0.25) is 4.79 Å². The molecule has 0 radical (unpaired) electrons. The number of hydrogen-bond donors (Lipinski definition) is 1. The van der Waals surface area contributed by atoms with Crippen molar-refractivity contribution in [3.63, 3.8) is 0 Å². The Labute approximate surface area is 176 Å². The van der Waals surface area contributed by atoms with Crippen LogP contribution in [0.3, 0.4) is 0 Å². The minimum absolute atomic E-state index is 0.0302. The summed E-state index contributed by atoms with van der Waals surface area (Å²) < 4.78 is 42.7.